The predicted octanol–water partition coefficient (Wildman–Crippen LogP) is 3.60. The third-order valence-corrected chi connectivity index (χ3v) is 4.57. The van der Waals surface area contributed by atoms with E-state index >= 15 is 0 Å². The van der Waals surface area contributed by atoms with Gasteiger partial charge < -0.3 is 0 Å². The number of hydrogen-bond acceptors (Lipinski definition) is 2. The molecule has 0 amide bonds. The predicted molar refractivity (Wildman–Crippen MR) is 69.5 cm³/mol. The highest BCUT2D eigenvalue weighted by molar-refractivity contribution is 7.99. The average Bonchev–Trinajstić information content (AvgIpc) is 2.75. The molecule has 84 valence electrons. The lowest BCUT2D eigenvalue weighted by molar-refractivity contribution is 0.621. The summed E-state index contributed by atoms with van der Waals surface area (Å²) in [6.07, 6.45) is 4.44. The molecule has 1 aliphatic rings. The normalized spacial score (nSPS) is 21.4. The Morgan fingerprint density at radius 1 is 1.44 bits per heavy atom. The van der Waals surface area contributed by atoms with E-state index in [1.165, 1.54) is 24.3 Å². The van der Waals surface area contributed by atoms with E-state index in [-0.39, 0.29) is 0 Å². The lowest BCUT2D eigenvalue weighted by Gasteiger charge is -2.20. The van der Waals surface area contributed by atoms with Gasteiger partial charge in [0.25, 0.3) is 0 Å². The highest BCUT2D eigenvalue weighted by atomic mass is 35.5. The molecule has 2 nitrogen and oxygen atoms in total. The number of thioether (sulfide) groups is 1. The molecule has 16 heavy (non-hydrogen) atoms. The molecule has 0 aromatic carbocycles. The van der Waals surface area contributed by atoms with Crippen LogP contribution in [-0.2, 0) is 0 Å². The molecule has 1 fully saturated rings. The summed E-state index contributed by atoms with van der Waals surface area (Å²) in [5.74, 6) is 4.15. The smallest absolute Gasteiger partial charge is 0.118 e. The molecule has 0 radical (unpaired) electrons. The molecule has 0 spiro atoms. The summed E-state index contributed by atoms with van der Waals surface area (Å²) in [5, 5.41) is 0.764. The number of imidazole rings is 1. The van der Waals surface area contributed by atoms with Crippen molar-refractivity contribution in [2.75, 3.05) is 11.5 Å². The second-order valence-corrected chi connectivity index (χ2v) is 5.68. The van der Waals surface area contributed by atoms with Crippen molar-refractivity contribution in [3.8, 4) is 0 Å². The van der Waals surface area contributed by atoms with Crippen LogP contribution in [0.4, 0.5) is 0 Å². The molecule has 1 saturated heterocycles. The Balaban J connectivity index is 2.09. The first-order chi connectivity index (χ1) is 7.86. The van der Waals surface area contributed by atoms with Gasteiger partial charge in [0.15, 0.2) is 0 Å². The van der Waals surface area contributed by atoms with Crippen LogP contribution in [0, 0.1) is 0 Å². The average molecular weight is 253 g/mol. The summed E-state index contributed by atoms with van der Waals surface area (Å²) in [4.78, 5) is 4.54. The van der Waals surface area contributed by atoms with Crippen LogP contribution in [-0.4, -0.2) is 20.9 Å². The maximum atomic E-state index is 6.24. The summed E-state index contributed by atoms with van der Waals surface area (Å²) >= 11 is 8.26. The molecule has 1 aliphatic heterocycles. The Hall–Kier alpha value is -0.670. The fraction of sp³-hybridized carbons (Fsp3) is 0.417. The second-order valence-electron chi connectivity index (χ2n) is 4.14. The molecule has 2 aromatic rings. The number of nitrogens with zero attached hydrogens (tertiary/aromatic N) is 2. The van der Waals surface area contributed by atoms with Gasteiger partial charge in [0.1, 0.15) is 11.0 Å². The van der Waals surface area contributed by atoms with Gasteiger partial charge in [0.05, 0.1) is 11.7 Å². The molecule has 1 atom stereocenters. The molecule has 3 rings (SSSR count). The fourth-order valence-corrected chi connectivity index (χ4v) is 3.66. The van der Waals surface area contributed by atoms with Crippen molar-refractivity contribution in [3.63, 3.8) is 0 Å². The van der Waals surface area contributed by atoms with Crippen molar-refractivity contribution in [3.05, 3.63) is 35.4 Å². The molecule has 1 unspecified atom stereocenters. The lowest BCUT2D eigenvalue weighted by Crippen LogP contribution is -2.12. The van der Waals surface area contributed by atoms with Crippen molar-refractivity contribution >= 4 is 28.9 Å². The Morgan fingerprint density at radius 3 is 3.19 bits per heavy atom. The molecule has 3 heterocycles. The minimum absolute atomic E-state index is 0.557. The van der Waals surface area contributed by atoms with E-state index in [4.69, 9.17) is 11.6 Å². The van der Waals surface area contributed by atoms with Gasteiger partial charge in [-0.15, -0.1) is 0 Å². The van der Waals surface area contributed by atoms with Crippen LogP contribution in [0.5, 0.6) is 0 Å². The quantitative estimate of drug-likeness (QED) is 0.722. The number of aromatic nitrogens is 2. The standard InChI is InChI=1S/C12H13ClN2S/c13-11-5-1-4-10-7-14-12(15(10)11)9-3-2-6-16-8-9/h1,4-5,7,9H,2-3,6,8H2. The first kappa shape index (κ1) is 10.5. The summed E-state index contributed by atoms with van der Waals surface area (Å²) in [5.41, 5.74) is 1.10. The number of hydrogen-bond donors (Lipinski definition) is 0. The van der Waals surface area contributed by atoms with E-state index in [0.717, 1.165) is 16.5 Å². The van der Waals surface area contributed by atoms with Gasteiger partial charge in [0, 0.05) is 11.7 Å². The van der Waals surface area contributed by atoms with Crippen molar-refractivity contribution < 1.29 is 0 Å². The van der Waals surface area contributed by atoms with Gasteiger partial charge in [-0.25, -0.2) is 4.98 Å². The highest BCUT2D eigenvalue weighted by Gasteiger charge is 2.20. The van der Waals surface area contributed by atoms with E-state index in [2.05, 4.69) is 15.5 Å². The van der Waals surface area contributed by atoms with Crippen LogP contribution in [0.15, 0.2) is 24.4 Å². The molecular weight excluding hydrogens is 240 g/mol. The first-order valence-corrected chi connectivity index (χ1v) is 7.09. The SMILES string of the molecule is Clc1cccc2cnc(C3CCCSC3)n12. The first-order valence-electron chi connectivity index (χ1n) is 5.56. The fourth-order valence-electron chi connectivity index (χ4n) is 2.26. The highest BCUT2D eigenvalue weighted by Crippen LogP contribution is 2.31. The van der Waals surface area contributed by atoms with E-state index in [0.29, 0.717) is 5.92 Å². The third-order valence-electron chi connectivity index (χ3n) is 3.06. The van der Waals surface area contributed by atoms with Gasteiger partial charge in [-0.2, -0.15) is 11.8 Å². The third kappa shape index (κ3) is 1.72. The minimum atomic E-state index is 0.557. The summed E-state index contributed by atoms with van der Waals surface area (Å²) in [6, 6.07) is 5.95. The maximum absolute atomic E-state index is 6.24. The molecule has 0 N–H and O–H groups in total. The molecule has 0 saturated carbocycles. The van der Waals surface area contributed by atoms with Crippen LogP contribution >= 0.6 is 23.4 Å². The van der Waals surface area contributed by atoms with Gasteiger partial charge in [-0.05, 0) is 30.7 Å². The van der Waals surface area contributed by atoms with Gasteiger partial charge >= 0.3 is 0 Å². The zero-order valence-corrected chi connectivity index (χ0v) is 10.5. The van der Waals surface area contributed by atoms with Crippen LogP contribution in [0.1, 0.15) is 24.6 Å². The molecular formula is C12H13ClN2S. The molecule has 2 aromatic heterocycles. The van der Waals surface area contributed by atoms with E-state index in [1.807, 2.05) is 30.1 Å². The van der Waals surface area contributed by atoms with Crippen LogP contribution in [0.3, 0.4) is 0 Å². The van der Waals surface area contributed by atoms with E-state index in [1.54, 1.807) is 0 Å². The monoisotopic (exact) mass is 252 g/mol. The van der Waals surface area contributed by atoms with Crippen LogP contribution in [0.2, 0.25) is 5.15 Å². The van der Waals surface area contributed by atoms with Crippen molar-refractivity contribution in [1.82, 2.24) is 9.38 Å². The minimum Gasteiger partial charge on any atom is -0.287 e. The molecule has 0 aliphatic carbocycles. The van der Waals surface area contributed by atoms with E-state index < -0.39 is 0 Å². The van der Waals surface area contributed by atoms with Gasteiger partial charge in [-0.3, -0.25) is 4.40 Å². The maximum Gasteiger partial charge on any atom is 0.118 e. The number of rotatable bonds is 1. The molecule has 0 bridgehead atoms. The second kappa shape index (κ2) is 4.30. The summed E-state index contributed by atoms with van der Waals surface area (Å²) in [7, 11) is 0. The number of pyridine rings is 1. The number of halogens is 1. The van der Waals surface area contributed by atoms with Crippen molar-refractivity contribution in [2.45, 2.75) is 18.8 Å². The molecule has 4 heteroatoms. The van der Waals surface area contributed by atoms with Crippen LogP contribution < -0.4 is 0 Å². The zero-order valence-electron chi connectivity index (χ0n) is 8.90. The van der Waals surface area contributed by atoms with E-state index in [9.17, 15) is 0 Å². The van der Waals surface area contributed by atoms with Gasteiger partial charge in [0.2, 0.25) is 0 Å². The number of fused-ring (bicyclic) bond motifs is 1. The van der Waals surface area contributed by atoms with Crippen molar-refractivity contribution in [2.24, 2.45) is 0 Å². The van der Waals surface area contributed by atoms with Crippen molar-refractivity contribution in [1.29, 1.82) is 0 Å². The Labute approximate surface area is 104 Å². The Kier molecular flexibility index (Phi) is 2.82. The Morgan fingerprint density at radius 2 is 2.38 bits per heavy atom. The largest absolute Gasteiger partial charge is 0.287 e. The Bertz CT molecular complexity index is 503. The summed E-state index contributed by atoms with van der Waals surface area (Å²) in [6.45, 7) is 0. The topological polar surface area (TPSA) is 17.3 Å². The summed E-state index contributed by atoms with van der Waals surface area (Å²) < 4.78 is 2.08. The lowest BCUT2D eigenvalue weighted by atomic mass is 10.1. The van der Waals surface area contributed by atoms with Gasteiger partial charge in [-0.1, -0.05) is 17.7 Å². The zero-order chi connectivity index (χ0) is 11.0. The van der Waals surface area contributed by atoms with Crippen LogP contribution in [0.25, 0.3) is 5.52 Å².